The van der Waals surface area contributed by atoms with Crippen molar-refractivity contribution in [2.24, 2.45) is 0 Å². The van der Waals surface area contributed by atoms with Crippen LogP contribution in [0.5, 0.6) is 0 Å². The molecule has 1 saturated heterocycles. The number of piperidine rings is 1. The molecular formula is C17H25NO2. The largest absolute Gasteiger partial charge is 0.390 e. The summed E-state index contributed by atoms with van der Waals surface area (Å²) in [5, 5.41) is 9.93. The molecule has 1 fully saturated rings. The highest BCUT2D eigenvalue weighted by Gasteiger charge is 2.30. The van der Waals surface area contributed by atoms with Gasteiger partial charge in [0.2, 0.25) is 0 Å². The van der Waals surface area contributed by atoms with E-state index in [1.54, 1.807) is 0 Å². The Morgan fingerprint density at radius 3 is 2.10 bits per heavy atom. The molecule has 1 aromatic rings. The molecule has 0 spiro atoms. The monoisotopic (exact) mass is 275 g/mol. The molecule has 0 bridgehead atoms. The molecule has 1 N–H and O–H groups in total. The number of rotatable bonds is 1. The molecule has 1 aromatic carbocycles. The maximum atomic E-state index is 12.4. The van der Waals surface area contributed by atoms with Crippen LogP contribution in [0.25, 0.3) is 0 Å². The Kier molecular flexibility index (Phi) is 3.92. The fourth-order valence-corrected chi connectivity index (χ4v) is 2.49. The Morgan fingerprint density at radius 2 is 1.65 bits per heavy atom. The second-order valence-electron chi connectivity index (χ2n) is 7.12. The van der Waals surface area contributed by atoms with Gasteiger partial charge in [-0.05, 0) is 42.9 Å². The molecule has 20 heavy (non-hydrogen) atoms. The van der Waals surface area contributed by atoms with Crippen molar-refractivity contribution < 1.29 is 9.90 Å². The third kappa shape index (κ3) is 3.40. The molecule has 3 nitrogen and oxygen atoms in total. The van der Waals surface area contributed by atoms with E-state index in [1.165, 1.54) is 5.56 Å². The van der Waals surface area contributed by atoms with Gasteiger partial charge in [-0.2, -0.15) is 0 Å². The number of hydrogen-bond donors (Lipinski definition) is 1. The second-order valence-corrected chi connectivity index (χ2v) is 7.12. The van der Waals surface area contributed by atoms with Crippen LogP contribution in [0.15, 0.2) is 24.3 Å². The Morgan fingerprint density at radius 1 is 1.15 bits per heavy atom. The van der Waals surface area contributed by atoms with Gasteiger partial charge in [-0.1, -0.05) is 32.9 Å². The van der Waals surface area contributed by atoms with Crippen LogP contribution in [-0.2, 0) is 5.41 Å². The Labute approximate surface area is 121 Å². The lowest BCUT2D eigenvalue weighted by molar-refractivity contribution is -0.00202. The fourth-order valence-electron chi connectivity index (χ4n) is 2.49. The van der Waals surface area contributed by atoms with Crippen LogP contribution in [0.3, 0.4) is 0 Å². The number of nitrogens with zero attached hydrogens (tertiary/aromatic N) is 1. The first-order valence-electron chi connectivity index (χ1n) is 7.31. The van der Waals surface area contributed by atoms with Crippen molar-refractivity contribution in [3.05, 3.63) is 35.4 Å². The molecule has 0 atom stereocenters. The summed E-state index contributed by atoms with van der Waals surface area (Å²) in [4.78, 5) is 14.3. The van der Waals surface area contributed by atoms with E-state index in [-0.39, 0.29) is 11.3 Å². The van der Waals surface area contributed by atoms with E-state index in [4.69, 9.17) is 0 Å². The second kappa shape index (κ2) is 5.21. The molecule has 0 unspecified atom stereocenters. The summed E-state index contributed by atoms with van der Waals surface area (Å²) < 4.78 is 0. The highest BCUT2D eigenvalue weighted by Crippen LogP contribution is 2.24. The lowest BCUT2D eigenvalue weighted by Crippen LogP contribution is -2.45. The van der Waals surface area contributed by atoms with Crippen LogP contribution in [0.1, 0.15) is 56.5 Å². The van der Waals surface area contributed by atoms with Crippen molar-refractivity contribution in [3.8, 4) is 0 Å². The zero-order chi connectivity index (χ0) is 15.0. The molecule has 110 valence electrons. The molecule has 2 rings (SSSR count). The zero-order valence-electron chi connectivity index (χ0n) is 12.9. The number of aliphatic hydroxyl groups is 1. The predicted molar refractivity (Wildman–Crippen MR) is 80.9 cm³/mol. The maximum Gasteiger partial charge on any atom is 0.253 e. The van der Waals surface area contributed by atoms with Crippen LogP contribution in [-0.4, -0.2) is 34.6 Å². The summed E-state index contributed by atoms with van der Waals surface area (Å²) in [6.45, 7) is 9.59. The molecule has 0 aromatic heterocycles. The van der Waals surface area contributed by atoms with Crippen LogP contribution < -0.4 is 0 Å². The van der Waals surface area contributed by atoms with Gasteiger partial charge in [0, 0.05) is 18.7 Å². The van der Waals surface area contributed by atoms with E-state index in [0.717, 1.165) is 5.56 Å². The van der Waals surface area contributed by atoms with Gasteiger partial charge in [0.15, 0.2) is 0 Å². The predicted octanol–water partition coefficient (Wildman–Crippen LogP) is 2.97. The van der Waals surface area contributed by atoms with E-state index in [2.05, 4.69) is 20.8 Å². The number of benzene rings is 1. The van der Waals surface area contributed by atoms with Crippen molar-refractivity contribution in [2.75, 3.05) is 13.1 Å². The average molecular weight is 275 g/mol. The van der Waals surface area contributed by atoms with Gasteiger partial charge in [-0.3, -0.25) is 4.79 Å². The SMILES string of the molecule is CC1(O)CCN(C(=O)c2ccc(C(C)(C)C)cc2)CC1. The first-order valence-corrected chi connectivity index (χ1v) is 7.31. The highest BCUT2D eigenvalue weighted by molar-refractivity contribution is 5.94. The molecule has 1 aliphatic rings. The normalized spacial score (nSPS) is 18.9. The first-order chi connectivity index (χ1) is 9.19. The molecule has 0 aliphatic carbocycles. The topological polar surface area (TPSA) is 40.5 Å². The van der Waals surface area contributed by atoms with Crippen LogP contribution in [0, 0.1) is 0 Å². The Hall–Kier alpha value is -1.35. The summed E-state index contributed by atoms with van der Waals surface area (Å²) in [6, 6.07) is 7.89. The average Bonchev–Trinajstić information content (AvgIpc) is 2.37. The Bertz CT molecular complexity index is 473. The molecular weight excluding hydrogens is 250 g/mol. The molecule has 1 amide bonds. The molecule has 0 saturated carbocycles. The number of amides is 1. The van der Waals surface area contributed by atoms with Crippen molar-refractivity contribution >= 4 is 5.91 Å². The van der Waals surface area contributed by atoms with E-state index in [1.807, 2.05) is 36.1 Å². The Balaban J connectivity index is 2.07. The third-order valence-electron chi connectivity index (χ3n) is 4.13. The van der Waals surface area contributed by atoms with Gasteiger partial charge in [0.25, 0.3) is 5.91 Å². The summed E-state index contributed by atoms with van der Waals surface area (Å²) in [5.74, 6) is 0.0703. The summed E-state index contributed by atoms with van der Waals surface area (Å²) in [7, 11) is 0. The fraction of sp³-hybridized carbons (Fsp3) is 0.588. The van der Waals surface area contributed by atoms with Crippen molar-refractivity contribution in [2.45, 2.75) is 51.6 Å². The number of carbonyl (C=O) groups is 1. The molecule has 3 heteroatoms. The van der Waals surface area contributed by atoms with Gasteiger partial charge in [0.1, 0.15) is 0 Å². The zero-order valence-corrected chi connectivity index (χ0v) is 12.9. The van der Waals surface area contributed by atoms with E-state index in [0.29, 0.717) is 25.9 Å². The third-order valence-corrected chi connectivity index (χ3v) is 4.13. The summed E-state index contributed by atoms with van der Waals surface area (Å²) in [6.07, 6.45) is 1.30. The number of carbonyl (C=O) groups excluding carboxylic acids is 1. The minimum Gasteiger partial charge on any atom is -0.390 e. The van der Waals surface area contributed by atoms with E-state index in [9.17, 15) is 9.90 Å². The van der Waals surface area contributed by atoms with Gasteiger partial charge in [-0.25, -0.2) is 0 Å². The van der Waals surface area contributed by atoms with Crippen LogP contribution >= 0.6 is 0 Å². The highest BCUT2D eigenvalue weighted by atomic mass is 16.3. The summed E-state index contributed by atoms with van der Waals surface area (Å²) >= 11 is 0. The quantitative estimate of drug-likeness (QED) is 0.856. The summed E-state index contributed by atoms with van der Waals surface area (Å²) in [5.41, 5.74) is 1.45. The van der Waals surface area contributed by atoms with Gasteiger partial charge < -0.3 is 10.0 Å². The lowest BCUT2D eigenvalue weighted by Gasteiger charge is -2.35. The number of likely N-dealkylation sites (tertiary alicyclic amines) is 1. The maximum absolute atomic E-state index is 12.4. The van der Waals surface area contributed by atoms with Crippen LogP contribution in [0.4, 0.5) is 0 Å². The standard InChI is InChI=1S/C17H25NO2/c1-16(2,3)14-7-5-13(6-8-14)15(19)18-11-9-17(4,20)10-12-18/h5-8,20H,9-12H2,1-4H3. The van der Waals surface area contributed by atoms with E-state index < -0.39 is 5.60 Å². The van der Waals surface area contributed by atoms with Crippen LogP contribution in [0.2, 0.25) is 0 Å². The van der Waals surface area contributed by atoms with Crippen molar-refractivity contribution in [1.29, 1.82) is 0 Å². The lowest BCUT2D eigenvalue weighted by atomic mass is 9.86. The van der Waals surface area contributed by atoms with Gasteiger partial charge in [-0.15, -0.1) is 0 Å². The van der Waals surface area contributed by atoms with Gasteiger partial charge in [0.05, 0.1) is 5.60 Å². The van der Waals surface area contributed by atoms with E-state index >= 15 is 0 Å². The number of hydrogen-bond acceptors (Lipinski definition) is 2. The van der Waals surface area contributed by atoms with Gasteiger partial charge >= 0.3 is 0 Å². The molecule has 0 radical (unpaired) electrons. The first kappa shape index (κ1) is 15.0. The minimum atomic E-state index is -0.618. The van der Waals surface area contributed by atoms with Crippen molar-refractivity contribution in [3.63, 3.8) is 0 Å². The van der Waals surface area contributed by atoms with Crippen molar-refractivity contribution in [1.82, 2.24) is 4.90 Å². The smallest absolute Gasteiger partial charge is 0.253 e. The minimum absolute atomic E-state index is 0.0703. The molecule has 1 aliphatic heterocycles. The molecule has 1 heterocycles.